The van der Waals surface area contributed by atoms with Crippen LogP contribution in [0.25, 0.3) is 0 Å². The third kappa shape index (κ3) is 4.40. The van der Waals surface area contributed by atoms with Crippen LogP contribution in [0.1, 0.15) is 43.6 Å². The summed E-state index contributed by atoms with van der Waals surface area (Å²) in [6.07, 6.45) is -0.130. The van der Waals surface area contributed by atoms with Crippen LogP contribution < -0.4 is 20.3 Å². The Morgan fingerprint density at radius 1 is 1.12 bits per heavy atom. The molecule has 1 amide bonds. The molecule has 1 heterocycles. The van der Waals surface area contributed by atoms with Crippen LogP contribution in [0.4, 0.5) is 5.69 Å². The lowest BCUT2D eigenvalue weighted by Gasteiger charge is -2.63. The van der Waals surface area contributed by atoms with Gasteiger partial charge in [0, 0.05) is 60.4 Å². The second-order valence-corrected chi connectivity index (χ2v) is 10.5. The number of carbonyl (C=O) groups excluding carboxylic acids is 1. The van der Waals surface area contributed by atoms with Gasteiger partial charge in [0.25, 0.3) is 5.91 Å². The molecule has 1 saturated heterocycles. The van der Waals surface area contributed by atoms with Crippen LogP contribution in [-0.2, 0) is 0 Å². The molecule has 7 heteroatoms. The molecule has 6 nitrogen and oxygen atoms in total. The highest BCUT2D eigenvalue weighted by atomic mass is 35.5. The second-order valence-electron chi connectivity index (χ2n) is 10.1. The number of nitrogens with one attached hydrogen (secondary N) is 2. The number of ether oxygens (including phenoxy) is 1. The summed E-state index contributed by atoms with van der Waals surface area (Å²) in [7, 11) is 0. The summed E-state index contributed by atoms with van der Waals surface area (Å²) >= 11 is 6.18. The minimum atomic E-state index is -0.291. The number of amides is 1. The average molecular weight is 467 g/mol. The number of anilines is 1. The van der Waals surface area contributed by atoms with Crippen LogP contribution in [-0.4, -0.2) is 44.2 Å². The van der Waals surface area contributed by atoms with Gasteiger partial charge in [-0.15, -0.1) is 0 Å². The molecular weight excluding hydrogens is 436 g/mol. The van der Waals surface area contributed by atoms with Gasteiger partial charge in [0.15, 0.2) is 0 Å². The van der Waals surface area contributed by atoms with E-state index in [2.05, 4.69) is 49.3 Å². The van der Waals surface area contributed by atoms with E-state index < -0.39 is 0 Å². The Labute approximate surface area is 200 Å². The molecule has 2 aliphatic rings. The monoisotopic (exact) mass is 466 g/mol. The normalized spacial score (nSPS) is 23.2. The SMILES string of the molecule is CC1(C)C(NC(=O)c2ccc(N3CCNCC3)cc2)C(C)(C)C1Oc1ccc(C#N)c(Cl)c1. The number of halogens is 1. The standard InChI is InChI=1S/C26H31ClN4O2/c1-25(2)23(26(3,4)24(25)33-20-10-7-18(16-28)21(27)15-20)30-22(32)17-5-8-19(9-6-17)31-13-11-29-12-14-31/h5-10,15,23-24,29H,11-14H2,1-4H3,(H,30,32). The van der Waals surface area contributed by atoms with Gasteiger partial charge in [-0.05, 0) is 36.4 Å². The van der Waals surface area contributed by atoms with Gasteiger partial charge < -0.3 is 20.3 Å². The third-order valence-corrected chi connectivity index (χ3v) is 7.35. The van der Waals surface area contributed by atoms with E-state index in [1.54, 1.807) is 18.2 Å². The molecule has 0 atom stereocenters. The zero-order chi connectivity index (χ0) is 23.8. The molecule has 33 heavy (non-hydrogen) atoms. The predicted molar refractivity (Wildman–Crippen MR) is 131 cm³/mol. The maximum absolute atomic E-state index is 13.1. The van der Waals surface area contributed by atoms with Gasteiger partial charge >= 0.3 is 0 Å². The van der Waals surface area contributed by atoms with Gasteiger partial charge in [0.2, 0.25) is 0 Å². The summed E-state index contributed by atoms with van der Waals surface area (Å²) in [5.41, 5.74) is 1.64. The summed E-state index contributed by atoms with van der Waals surface area (Å²) in [4.78, 5) is 15.4. The Balaban J connectivity index is 1.43. The number of piperazine rings is 1. The molecule has 0 spiro atoms. The van der Waals surface area contributed by atoms with E-state index in [4.69, 9.17) is 21.6 Å². The van der Waals surface area contributed by atoms with E-state index in [0.717, 1.165) is 31.9 Å². The summed E-state index contributed by atoms with van der Waals surface area (Å²) in [6, 6.07) is 15.0. The number of hydrogen-bond acceptors (Lipinski definition) is 5. The van der Waals surface area contributed by atoms with E-state index in [9.17, 15) is 4.79 Å². The van der Waals surface area contributed by atoms with Crippen molar-refractivity contribution >= 4 is 23.2 Å². The number of hydrogen-bond donors (Lipinski definition) is 2. The van der Waals surface area contributed by atoms with Gasteiger partial charge in [-0.25, -0.2) is 0 Å². The number of nitrogens with zero attached hydrogens (tertiary/aromatic N) is 2. The topological polar surface area (TPSA) is 77.4 Å². The van der Waals surface area contributed by atoms with Crippen molar-refractivity contribution in [3.8, 4) is 11.8 Å². The molecule has 2 N–H and O–H groups in total. The van der Waals surface area contributed by atoms with Gasteiger partial charge in [-0.1, -0.05) is 39.3 Å². The minimum Gasteiger partial charge on any atom is -0.489 e. The fourth-order valence-electron chi connectivity index (χ4n) is 5.56. The van der Waals surface area contributed by atoms with E-state index in [0.29, 0.717) is 21.9 Å². The van der Waals surface area contributed by atoms with E-state index in [1.807, 2.05) is 24.3 Å². The highest BCUT2D eigenvalue weighted by molar-refractivity contribution is 6.31. The predicted octanol–water partition coefficient (Wildman–Crippen LogP) is 4.23. The summed E-state index contributed by atoms with van der Waals surface area (Å²) in [6.45, 7) is 12.3. The summed E-state index contributed by atoms with van der Waals surface area (Å²) in [5.74, 6) is 0.548. The molecule has 0 bridgehead atoms. The first-order chi connectivity index (χ1) is 15.6. The lowest BCUT2D eigenvalue weighted by atomic mass is 9.49. The van der Waals surface area contributed by atoms with E-state index >= 15 is 0 Å². The molecule has 0 aromatic heterocycles. The number of carbonyl (C=O) groups is 1. The van der Waals surface area contributed by atoms with Crippen molar-refractivity contribution < 1.29 is 9.53 Å². The Morgan fingerprint density at radius 2 is 1.76 bits per heavy atom. The first-order valence-electron chi connectivity index (χ1n) is 11.4. The molecule has 2 fully saturated rings. The first kappa shape index (κ1) is 23.4. The molecule has 1 aliphatic carbocycles. The van der Waals surface area contributed by atoms with Crippen molar-refractivity contribution in [3.05, 3.63) is 58.6 Å². The number of rotatable bonds is 5. The van der Waals surface area contributed by atoms with Crippen LogP contribution in [0.3, 0.4) is 0 Å². The quantitative estimate of drug-likeness (QED) is 0.689. The fraction of sp³-hybridized carbons (Fsp3) is 0.462. The number of nitriles is 1. The van der Waals surface area contributed by atoms with Gasteiger partial charge in [-0.2, -0.15) is 5.26 Å². The van der Waals surface area contributed by atoms with Gasteiger partial charge in [0.1, 0.15) is 17.9 Å². The number of benzene rings is 2. The van der Waals surface area contributed by atoms with Crippen molar-refractivity contribution in [2.75, 3.05) is 31.1 Å². The van der Waals surface area contributed by atoms with Gasteiger partial charge in [0.05, 0.1) is 10.6 Å². The van der Waals surface area contributed by atoms with Crippen molar-refractivity contribution in [2.45, 2.75) is 39.8 Å². The molecule has 1 aliphatic heterocycles. The zero-order valence-electron chi connectivity index (χ0n) is 19.6. The summed E-state index contributed by atoms with van der Waals surface area (Å²) in [5, 5.41) is 16.1. The molecule has 174 valence electrons. The van der Waals surface area contributed by atoms with Crippen LogP contribution in [0.2, 0.25) is 5.02 Å². The summed E-state index contributed by atoms with van der Waals surface area (Å²) < 4.78 is 6.31. The van der Waals surface area contributed by atoms with Crippen molar-refractivity contribution in [1.29, 1.82) is 5.26 Å². The van der Waals surface area contributed by atoms with Crippen LogP contribution in [0.15, 0.2) is 42.5 Å². The third-order valence-electron chi connectivity index (χ3n) is 7.04. The molecule has 4 rings (SSSR count). The Kier molecular flexibility index (Phi) is 6.30. The molecule has 2 aromatic carbocycles. The Bertz CT molecular complexity index is 1050. The lowest BCUT2D eigenvalue weighted by Crippen LogP contribution is -2.74. The average Bonchev–Trinajstić information content (AvgIpc) is 2.81. The fourth-order valence-corrected chi connectivity index (χ4v) is 5.77. The molecule has 2 aromatic rings. The molecule has 1 saturated carbocycles. The van der Waals surface area contributed by atoms with Crippen LogP contribution in [0, 0.1) is 22.2 Å². The minimum absolute atomic E-state index is 0.0656. The highest BCUT2D eigenvalue weighted by Gasteiger charge is 2.64. The smallest absolute Gasteiger partial charge is 0.251 e. The van der Waals surface area contributed by atoms with Crippen molar-refractivity contribution in [2.24, 2.45) is 10.8 Å². The maximum Gasteiger partial charge on any atom is 0.251 e. The van der Waals surface area contributed by atoms with Gasteiger partial charge in [-0.3, -0.25) is 4.79 Å². The largest absolute Gasteiger partial charge is 0.489 e. The second kappa shape index (κ2) is 8.89. The Morgan fingerprint density at radius 3 is 2.33 bits per heavy atom. The zero-order valence-corrected chi connectivity index (χ0v) is 20.4. The van der Waals surface area contributed by atoms with E-state index in [-0.39, 0.29) is 28.9 Å². The Hall–Kier alpha value is -2.75. The first-order valence-corrected chi connectivity index (χ1v) is 11.8. The molecule has 0 radical (unpaired) electrons. The molecule has 0 unspecified atom stereocenters. The van der Waals surface area contributed by atoms with Crippen LogP contribution >= 0.6 is 11.6 Å². The van der Waals surface area contributed by atoms with E-state index in [1.165, 1.54) is 0 Å². The maximum atomic E-state index is 13.1. The highest BCUT2D eigenvalue weighted by Crippen LogP contribution is 2.55. The van der Waals surface area contributed by atoms with Crippen LogP contribution in [0.5, 0.6) is 5.75 Å². The van der Waals surface area contributed by atoms with Crippen molar-refractivity contribution in [1.82, 2.24) is 10.6 Å². The van der Waals surface area contributed by atoms with Crippen molar-refractivity contribution in [3.63, 3.8) is 0 Å². The lowest BCUT2D eigenvalue weighted by molar-refractivity contribution is -0.164. The molecular formula is C26H31ClN4O2.